The van der Waals surface area contributed by atoms with Gasteiger partial charge in [0.25, 0.3) is 0 Å². The summed E-state index contributed by atoms with van der Waals surface area (Å²) in [6, 6.07) is 8.85. The first-order chi connectivity index (χ1) is 9.44. The molecule has 1 aliphatic rings. The Morgan fingerprint density at radius 1 is 1.30 bits per heavy atom. The maximum absolute atomic E-state index is 12.5. The first-order valence-electron chi connectivity index (χ1n) is 6.92. The topological polar surface area (TPSA) is 61.2 Å². The Labute approximate surface area is 121 Å². The van der Waals surface area contributed by atoms with Gasteiger partial charge in [-0.15, -0.1) is 0 Å². The van der Waals surface area contributed by atoms with E-state index in [0.717, 1.165) is 18.4 Å². The van der Waals surface area contributed by atoms with Crippen LogP contribution >= 0.6 is 0 Å². The molecule has 5 heteroatoms. The molecule has 4 nitrogen and oxygen atoms in total. The molecule has 1 aromatic rings. The van der Waals surface area contributed by atoms with Crippen molar-refractivity contribution in [3.63, 3.8) is 0 Å². The normalized spacial score (nSPS) is 24.2. The van der Waals surface area contributed by atoms with Crippen LogP contribution in [0.15, 0.2) is 24.3 Å². The molecule has 2 rings (SSSR count). The minimum absolute atomic E-state index is 0.00969. The molecule has 1 heterocycles. The molecule has 1 fully saturated rings. The Morgan fingerprint density at radius 2 is 1.95 bits per heavy atom. The predicted octanol–water partition coefficient (Wildman–Crippen LogP) is 2.51. The Kier molecular flexibility index (Phi) is 4.46. The average molecular weight is 292 g/mol. The molecule has 1 aliphatic heterocycles. The van der Waals surface area contributed by atoms with E-state index in [-0.39, 0.29) is 11.8 Å². The molecular formula is C15H20N2O2S. The Hall–Kier alpha value is -1.38. The molecule has 0 amide bonds. The molecule has 20 heavy (non-hydrogen) atoms. The van der Waals surface area contributed by atoms with Gasteiger partial charge in [-0.2, -0.15) is 9.57 Å². The number of sulfonamides is 1. The zero-order valence-electron chi connectivity index (χ0n) is 11.9. The van der Waals surface area contributed by atoms with Crippen LogP contribution in [0, 0.1) is 17.2 Å². The highest BCUT2D eigenvalue weighted by Gasteiger charge is 2.33. The van der Waals surface area contributed by atoms with E-state index < -0.39 is 10.0 Å². The SMILES string of the molecule is CC1CCCN(S(=O)(=O)Cc2ccc(C#N)cc2)C1C. The van der Waals surface area contributed by atoms with Crippen molar-refractivity contribution in [3.8, 4) is 6.07 Å². The number of rotatable bonds is 3. The van der Waals surface area contributed by atoms with Crippen LogP contribution in [-0.4, -0.2) is 25.3 Å². The summed E-state index contributed by atoms with van der Waals surface area (Å²) in [6.45, 7) is 4.71. The lowest BCUT2D eigenvalue weighted by Crippen LogP contribution is -2.46. The first-order valence-corrected chi connectivity index (χ1v) is 8.53. The third-order valence-electron chi connectivity index (χ3n) is 4.11. The lowest BCUT2D eigenvalue weighted by Gasteiger charge is -2.36. The van der Waals surface area contributed by atoms with Gasteiger partial charge in [0, 0.05) is 12.6 Å². The van der Waals surface area contributed by atoms with Crippen LogP contribution in [0.25, 0.3) is 0 Å². The molecule has 0 spiro atoms. The molecule has 0 aromatic heterocycles. The smallest absolute Gasteiger partial charge is 0.212 e. The first kappa shape index (κ1) is 15.0. The Bertz CT molecular complexity index is 602. The highest BCUT2D eigenvalue weighted by atomic mass is 32.2. The van der Waals surface area contributed by atoms with Crippen LogP contribution < -0.4 is 0 Å². The van der Waals surface area contributed by atoms with Crippen LogP contribution in [-0.2, 0) is 15.8 Å². The second-order valence-electron chi connectivity index (χ2n) is 5.54. The van der Waals surface area contributed by atoms with Crippen molar-refractivity contribution in [2.75, 3.05) is 6.54 Å². The zero-order valence-corrected chi connectivity index (χ0v) is 12.7. The standard InChI is InChI=1S/C15H20N2O2S/c1-12-4-3-9-17(13(12)2)20(18,19)11-15-7-5-14(10-16)6-8-15/h5-8,12-13H,3-4,9,11H2,1-2H3. The molecule has 108 valence electrons. The summed E-state index contributed by atoms with van der Waals surface area (Å²) in [4.78, 5) is 0. The van der Waals surface area contributed by atoms with Crippen LogP contribution in [0.1, 0.15) is 37.8 Å². The van der Waals surface area contributed by atoms with Crippen molar-refractivity contribution < 1.29 is 8.42 Å². The van der Waals surface area contributed by atoms with Crippen LogP contribution in [0.4, 0.5) is 0 Å². The van der Waals surface area contributed by atoms with Gasteiger partial charge in [-0.1, -0.05) is 19.1 Å². The molecule has 1 aromatic carbocycles. The Morgan fingerprint density at radius 3 is 2.55 bits per heavy atom. The summed E-state index contributed by atoms with van der Waals surface area (Å²) in [5.74, 6) is 0.412. The largest absolute Gasteiger partial charge is 0.218 e. The molecule has 1 saturated heterocycles. The van der Waals surface area contributed by atoms with Crippen molar-refractivity contribution in [2.24, 2.45) is 5.92 Å². The minimum atomic E-state index is -3.29. The van der Waals surface area contributed by atoms with E-state index in [4.69, 9.17) is 5.26 Å². The fraction of sp³-hybridized carbons (Fsp3) is 0.533. The molecule has 0 saturated carbocycles. The lowest BCUT2D eigenvalue weighted by atomic mass is 9.94. The quantitative estimate of drug-likeness (QED) is 0.860. The van der Waals surface area contributed by atoms with Gasteiger partial charge >= 0.3 is 0 Å². The number of nitriles is 1. The molecule has 0 radical (unpaired) electrons. The number of benzene rings is 1. The van der Waals surface area contributed by atoms with Crippen molar-refractivity contribution in [1.82, 2.24) is 4.31 Å². The van der Waals surface area contributed by atoms with E-state index in [1.807, 2.05) is 13.0 Å². The molecule has 2 unspecified atom stereocenters. The van der Waals surface area contributed by atoms with Crippen LogP contribution in [0.2, 0.25) is 0 Å². The van der Waals surface area contributed by atoms with Crippen molar-refractivity contribution >= 4 is 10.0 Å². The Balaban J connectivity index is 2.16. The predicted molar refractivity (Wildman–Crippen MR) is 78.3 cm³/mol. The van der Waals surface area contributed by atoms with E-state index >= 15 is 0 Å². The number of piperidine rings is 1. The second kappa shape index (κ2) is 5.94. The van der Waals surface area contributed by atoms with Gasteiger partial charge < -0.3 is 0 Å². The van der Waals surface area contributed by atoms with E-state index in [1.54, 1.807) is 28.6 Å². The van der Waals surface area contributed by atoms with Crippen LogP contribution in [0.5, 0.6) is 0 Å². The lowest BCUT2D eigenvalue weighted by molar-refractivity contribution is 0.202. The van der Waals surface area contributed by atoms with Gasteiger partial charge in [-0.05, 0) is 43.4 Å². The van der Waals surface area contributed by atoms with Crippen molar-refractivity contribution in [2.45, 2.75) is 38.5 Å². The third-order valence-corrected chi connectivity index (χ3v) is 6.03. The van der Waals surface area contributed by atoms with E-state index in [1.165, 1.54) is 0 Å². The molecule has 0 aliphatic carbocycles. The van der Waals surface area contributed by atoms with E-state index in [0.29, 0.717) is 18.0 Å². The van der Waals surface area contributed by atoms with Gasteiger partial charge in [-0.25, -0.2) is 8.42 Å². The molecule has 0 bridgehead atoms. The van der Waals surface area contributed by atoms with Crippen molar-refractivity contribution in [1.29, 1.82) is 5.26 Å². The highest BCUT2D eigenvalue weighted by Crippen LogP contribution is 2.26. The monoisotopic (exact) mass is 292 g/mol. The summed E-state index contributed by atoms with van der Waals surface area (Å²) in [5, 5.41) is 8.75. The zero-order chi connectivity index (χ0) is 14.8. The fourth-order valence-electron chi connectivity index (χ4n) is 2.66. The summed E-state index contributed by atoms with van der Waals surface area (Å²) in [6.07, 6.45) is 2.02. The average Bonchev–Trinajstić information content (AvgIpc) is 2.42. The van der Waals surface area contributed by atoms with Gasteiger partial charge in [0.1, 0.15) is 0 Å². The maximum Gasteiger partial charge on any atom is 0.218 e. The number of hydrogen-bond acceptors (Lipinski definition) is 3. The molecule has 0 N–H and O–H groups in total. The van der Waals surface area contributed by atoms with Crippen molar-refractivity contribution in [3.05, 3.63) is 35.4 Å². The highest BCUT2D eigenvalue weighted by molar-refractivity contribution is 7.88. The maximum atomic E-state index is 12.5. The molecular weight excluding hydrogens is 272 g/mol. The summed E-state index contributed by atoms with van der Waals surface area (Å²) < 4.78 is 26.7. The number of hydrogen-bond donors (Lipinski definition) is 0. The number of nitrogens with zero attached hydrogens (tertiary/aromatic N) is 2. The summed E-state index contributed by atoms with van der Waals surface area (Å²) in [5.41, 5.74) is 1.28. The van der Waals surface area contributed by atoms with Gasteiger partial charge in [0.05, 0.1) is 17.4 Å². The third kappa shape index (κ3) is 3.20. The van der Waals surface area contributed by atoms with E-state index in [2.05, 4.69) is 6.92 Å². The second-order valence-corrected chi connectivity index (χ2v) is 7.46. The minimum Gasteiger partial charge on any atom is -0.212 e. The van der Waals surface area contributed by atoms with E-state index in [9.17, 15) is 8.42 Å². The summed E-state index contributed by atoms with van der Waals surface area (Å²) >= 11 is 0. The van der Waals surface area contributed by atoms with Gasteiger partial charge in [-0.3, -0.25) is 0 Å². The fourth-order valence-corrected chi connectivity index (χ4v) is 4.56. The molecule has 2 atom stereocenters. The van der Waals surface area contributed by atoms with Gasteiger partial charge in [0.2, 0.25) is 10.0 Å². The van der Waals surface area contributed by atoms with Crippen LogP contribution in [0.3, 0.4) is 0 Å². The van der Waals surface area contributed by atoms with Gasteiger partial charge in [0.15, 0.2) is 0 Å². The summed E-state index contributed by atoms with van der Waals surface area (Å²) in [7, 11) is -3.29.